The lowest BCUT2D eigenvalue weighted by Gasteiger charge is -2.29. The molecule has 4 amide bonds. The zero-order valence-electron chi connectivity index (χ0n) is 22.3. The Morgan fingerprint density at radius 1 is 0.825 bits per heavy atom. The van der Waals surface area contributed by atoms with Crippen LogP contribution < -0.4 is 16.4 Å². The number of nitrogens with zero attached hydrogens (tertiary/aromatic N) is 1. The van der Waals surface area contributed by atoms with E-state index in [-0.39, 0.29) is 31.7 Å². The molecule has 1 aliphatic heterocycles. The van der Waals surface area contributed by atoms with Gasteiger partial charge in [-0.15, -0.1) is 0 Å². The van der Waals surface area contributed by atoms with E-state index in [2.05, 4.69) is 10.6 Å². The Bertz CT molecular complexity index is 1330. The van der Waals surface area contributed by atoms with Crippen LogP contribution in [0.25, 0.3) is 11.1 Å². The monoisotopic (exact) mass is 542 g/mol. The van der Waals surface area contributed by atoms with Crippen molar-refractivity contribution in [3.05, 3.63) is 96.1 Å². The molecule has 9 nitrogen and oxygen atoms in total. The van der Waals surface area contributed by atoms with E-state index < -0.39 is 42.0 Å². The van der Waals surface area contributed by atoms with Gasteiger partial charge in [-0.1, -0.05) is 84.9 Å². The van der Waals surface area contributed by atoms with Crippen LogP contribution in [-0.4, -0.2) is 64.4 Å². The van der Waals surface area contributed by atoms with E-state index in [1.165, 1.54) is 11.8 Å². The molecule has 3 aromatic carbocycles. The highest BCUT2D eigenvalue weighted by atomic mass is 16.3. The molecule has 0 aromatic heterocycles. The molecule has 40 heavy (non-hydrogen) atoms. The number of rotatable bonds is 10. The van der Waals surface area contributed by atoms with Gasteiger partial charge in [0.1, 0.15) is 18.1 Å². The third-order valence-corrected chi connectivity index (χ3v) is 6.98. The van der Waals surface area contributed by atoms with Gasteiger partial charge in [0.05, 0.1) is 6.10 Å². The van der Waals surface area contributed by atoms with Crippen LogP contribution in [-0.2, 0) is 32.0 Å². The minimum atomic E-state index is -1.02. The number of aliphatic hydroxyl groups excluding tert-OH is 1. The Hall–Kier alpha value is -4.50. The second-order valence-electron chi connectivity index (χ2n) is 10.1. The van der Waals surface area contributed by atoms with Gasteiger partial charge in [-0.2, -0.15) is 0 Å². The van der Waals surface area contributed by atoms with E-state index in [1.54, 1.807) is 0 Å². The lowest BCUT2D eigenvalue weighted by molar-refractivity contribution is -0.142. The fraction of sp³-hybridized carbons (Fsp3) is 0.290. The van der Waals surface area contributed by atoms with Gasteiger partial charge in [-0.05, 0) is 22.3 Å². The highest BCUT2D eigenvalue weighted by molar-refractivity contribution is 5.94. The van der Waals surface area contributed by atoms with Crippen molar-refractivity contribution in [2.24, 2.45) is 5.73 Å². The average Bonchev–Trinajstić information content (AvgIpc) is 3.34. The van der Waals surface area contributed by atoms with Crippen molar-refractivity contribution in [2.45, 2.75) is 50.4 Å². The molecule has 4 rings (SSSR count). The zero-order chi connectivity index (χ0) is 28.6. The molecule has 5 N–H and O–H groups in total. The van der Waals surface area contributed by atoms with Crippen molar-refractivity contribution < 1.29 is 24.3 Å². The smallest absolute Gasteiger partial charge is 0.246 e. The summed E-state index contributed by atoms with van der Waals surface area (Å²) in [5.74, 6) is -2.17. The number of carbonyl (C=O) groups is 4. The summed E-state index contributed by atoms with van der Waals surface area (Å²) in [6.07, 6.45) is -0.523. The Labute approximate surface area is 233 Å². The van der Waals surface area contributed by atoms with E-state index in [4.69, 9.17) is 5.73 Å². The summed E-state index contributed by atoms with van der Waals surface area (Å²) in [6.45, 7) is 1.25. The summed E-state index contributed by atoms with van der Waals surface area (Å²) in [5.41, 5.74) is 9.34. The average molecular weight is 543 g/mol. The molecule has 0 bridgehead atoms. The molecule has 0 spiro atoms. The van der Waals surface area contributed by atoms with Crippen LogP contribution in [0.1, 0.15) is 24.5 Å². The molecule has 4 atom stereocenters. The highest BCUT2D eigenvalue weighted by Gasteiger charge is 2.42. The van der Waals surface area contributed by atoms with Crippen LogP contribution >= 0.6 is 0 Å². The number of aliphatic hydroxyl groups is 1. The van der Waals surface area contributed by atoms with E-state index in [9.17, 15) is 24.3 Å². The predicted octanol–water partition coefficient (Wildman–Crippen LogP) is 1.58. The van der Waals surface area contributed by atoms with Gasteiger partial charge >= 0.3 is 0 Å². The van der Waals surface area contributed by atoms with Gasteiger partial charge in [0.2, 0.25) is 23.6 Å². The Balaban J connectivity index is 1.46. The molecule has 0 unspecified atom stereocenters. The van der Waals surface area contributed by atoms with Crippen molar-refractivity contribution in [1.82, 2.24) is 15.5 Å². The molecule has 1 saturated heterocycles. The number of nitrogens with two attached hydrogens (primary N) is 1. The first-order valence-corrected chi connectivity index (χ1v) is 13.2. The Kier molecular flexibility index (Phi) is 9.29. The number of benzene rings is 3. The molecular formula is C31H34N4O5. The van der Waals surface area contributed by atoms with Crippen LogP contribution in [0, 0.1) is 0 Å². The molecule has 1 fully saturated rings. The van der Waals surface area contributed by atoms with E-state index >= 15 is 0 Å². The van der Waals surface area contributed by atoms with E-state index in [0.717, 1.165) is 22.3 Å². The SMILES string of the molecule is CC(=O)N[C@@H](Cc1ccccc1)C(=O)N1C[C@H](O)C[C@H]1C(=O)N[C@H](Cc1ccc(-c2ccccc2)cc1)C(N)=O. The van der Waals surface area contributed by atoms with Gasteiger partial charge in [0.15, 0.2) is 0 Å². The fourth-order valence-electron chi connectivity index (χ4n) is 4.99. The van der Waals surface area contributed by atoms with Crippen LogP contribution in [0.5, 0.6) is 0 Å². The number of nitrogens with one attached hydrogen (secondary N) is 2. The largest absolute Gasteiger partial charge is 0.391 e. The number of primary amides is 1. The van der Waals surface area contributed by atoms with Crippen LogP contribution in [0.3, 0.4) is 0 Å². The molecule has 3 aromatic rings. The summed E-state index contributed by atoms with van der Waals surface area (Å²) < 4.78 is 0. The summed E-state index contributed by atoms with van der Waals surface area (Å²) in [7, 11) is 0. The number of carbonyl (C=O) groups excluding carboxylic acids is 4. The number of β-amino-alcohol motifs (C(OH)–C–C–N with tert-alkyl or cyclic N) is 1. The summed E-state index contributed by atoms with van der Waals surface area (Å²) in [4.78, 5) is 52.3. The third kappa shape index (κ3) is 7.33. The number of amides is 4. The lowest BCUT2D eigenvalue weighted by Crippen LogP contribution is -2.56. The highest BCUT2D eigenvalue weighted by Crippen LogP contribution is 2.22. The molecule has 1 aliphatic rings. The number of hydrogen-bond acceptors (Lipinski definition) is 5. The standard InChI is InChI=1S/C31H34N4O5/c1-20(36)33-27(17-21-8-4-2-5-9-21)31(40)35-19-25(37)18-28(35)30(39)34-26(29(32)38)16-22-12-14-24(15-13-22)23-10-6-3-7-11-23/h2-15,25-28,37H,16-19H2,1H3,(H2,32,38)(H,33,36)(H,34,39)/t25-,26-,27+,28+/m1/s1. The summed E-state index contributed by atoms with van der Waals surface area (Å²) in [6, 6.07) is 23.7. The van der Waals surface area contributed by atoms with Gasteiger partial charge in [0, 0.05) is 32.7 Å². The molecule has 208 valence electrons. The Morgan fingerprint density at radius 3 is 1.98 bits per heavy atom. The molecule has 0 saturated carbocycles. The summed E-state index contributed by atoms with van der Waals surface area (Å²) >= 11 is 0. The van der Waals surface area contributed by atoms with Gasteiger partial charge in [0.25, 0.3) is 0 Å². The molecule has 1 heterocycles. The van der Waals surface area contributed by atoms with Crippen molar-refractivity contribution in [1.29, 1.82) is 0 Å². The zero-order valence-corrected chi connectivity index (χ0v) is 22.3. The van der Waals surface area contributed by atoms with Crippen molar-refractivity contribution in [2.75, 3.05) is 6.54 Å². The quantitative estimate of drug-likeness (QED) is 0.308. The first-order valence-electron chi connectivity index (χ1n) is 13.2. The second kappa shape index (κ2) is 13.0. The van der Waals surface area contributed by atoms with Crippen molar-refractivity contribution in [3.63, 3.8) is 0 Å². The predicted molar refractivity (Wildman–Crippen MR) is 151 cm³/mol. The van der Waals surface area contributed by atoms with Crippen LogP contribution in [0.15, 0.2) is 84.9 Å². The first kappa shape index (κ1) is 28.5. The molecule has 9 heteroatoms. The van der Waals surface area contributed by atoms with Gasteiger partial charge < -0.3 is 26.4 Å². The minimum absolute atomic E-state index is 0.00690. The van der Waals surface area contributed by atoms with Crippen LogP contribution in [0.2, 0.25) is 0 Å². The number of likely N-dealkylation sites (tertiary alicyclic amines) is 1. The van der Waals surface area contributed by atoms with E-state index in [1.807, 2.05) is 84.9 Å². The van der Waals surface area contributed by atoms with Crippen molar-refractivity contribution >= 4 is 23.6 Å². The molecule has 0 radical (unpaired) electrons. The fourth-order valence-corrected chi connectivity index (χ4v) is 4.99. The molecule has 0 aliphatic carbocycles. The van der Waals surface area contributed by atoms with Crippen LogP contribution in [0.4, 0.5) is 0 Å². The van der Waals surface area contributed by atoms with Gasteiger partial charge in [-0.25, -0.2) is 0 Å². The maximum Gasteiger partial charge on any atom is 0.246 e. The first-order chi connectivity index (χ1) is 19.2. The normalized spacial score (nSPS) is 18.0. The lowest BCUT2D eigenvalue weighted by atomic mass is 10.00. The maximum atomic E-state index is 13.5. The topological polar surface area (TPSA) is 142 Å². The minimum Gasteiger partial charge on any atom is -0.391 e. The maximum absolute atomic E-state index is 13.5. The van der Waals surface area contributed by atoms with E-state index in [0.29, 0.717) is 0 Å². The summed E-state index contributed by atoms with van der Waals surface area (Å²) in [5, 5.41) is 15.7. The molecular weight excluding hydrogens is 508 g/mol. The Morgan fingerprint density at radius 2 is 1.38 bits per heavy atom. The second-order valence-corrected chi connectivity index (χ2v) is 10.1. The number of hydrogen-bond donors (Lipinski definition) is 4. The van der Waals surface area contributed by atoms with Gasteiger partial charge in [-0.3, -0.25) is 19.2 Å². The third-order valence-electron chi connectivity index (χ3n) is 6.98. The van der Waals surface area contributed by atoms with Crippen molar-refractivity contribution in [3.8, 4) is 11.1 Å².